The van der Waals surface area contributed by atoms with E-state index in [0.717, 1.165) is 24.4 Å². The van der Waals surface area contributed by atoms with E-state index in [0.29, 0.717) is 0 Å². The Morgan fingerprint density at radius 3 is 3.12 bits per heavy atom. The van der Waals surface area contributed by atoms with Crippen molar-refractivity contribution in [2.45, 2.75) is 12.8 Å². The highest BCUT2D eigenvalue weighted by Crippen LogP contribution is 2.18. The molecule has 0 unspecified atom stereocenters. The highest BCUT2D eigenvalue weighted by Gasteiger charge is 2.14. The van der Waals surface area contributed by atoms with Crippen LogP contribution in [-0.4, -0.2) is 18.1 Å². The van der Waals surface area contributed by atoms with Crippen molar-refractivity contribution in [2.75, 3.05) is 13.1 Å². The summed E-state index contributed by atoms with van der Waals surface area (Å²) in [4.78, 5) is 4.50. The summed E-state index contributed by atoms with van der Waals surface area (Å²) in [5.74, 6) is 0.794. The number of hydrogen-bond acceptors (Lipinski definition) is 2. The zero-order valence-electron chi connectivity index (χ0n) is 9.32. The van der Waals surface area contributed by atoms with E-state index in [9.17, 15) is 0 Å². The van der Waals surface area contributed by atoms with Crippen LogP contribution >= 0.6 is 0 Å². The predicted molar refractivity (Wildman–Crippen MR) is 66.4 cm³/mol. The van der Waals surface area contributed by atoms with Gasteiger partial charge < -0.3 is 5.32 Å². The van der Waals surface area contributed by atoms with E-state index < -0.39 is 0 Å². The molecule has 16 heavy (non-hydrogen) atoms. The second-order valence-corrected chi connectivity index (χ2v) is 4.60. The molecule has 82 valence electrons. The number of nitrogens with one attached hydrogen (secondary N) is 1. The van der Waals surface area contributed by atoms with Gasteiger partial charge in [0, 0.05) is 11.6 Å². The molecule has 1 aromatic carbocycles. The third-order valence-electron chi connectivity index (χ3n) is 3.33. The molecular weight excluding hydrogens is 196 g/mol. The van der Waals surface area contributed by atoms with E-state index in [4.69, 9.17) is 0 Å². The molecule has 0 aliphatic carbocycles. The van der Waals surface area contributed by atoms with E-state index in [1.54, 1.807) is 0 Å². The molecule has 1 fully saturated rings. The summed E-state index contributed by atoms with van der Waals surface area (Å²) >= 11 is 0. The normalized spacial score (nSPS) is 20.4. The summed E-state index contributed by atoms with van der Waals surface area (Å²) < 4.78 is 0. The maximum absolute atomic E-state index is 4.50. The number of benzene rings is 1. The third kappa shape index (κ3) is 1.93. The van der Waals surface area contributed by atoms with Crippen LogP contribution in [0.3, 0.4) is 0 Å². The van der Waals surface area contributed by atoms with Crippen LogP contribution in [0, 0.1) is 5.92 Å². The van der Waals surface area contributed by atoms with Crippen LogP contribution in [0.25, 0.3) is 10.9 Å². The van der Waals surface area contributed by atoms with E-state index in [1.165, 1.54) is 23.9 Å². The van der Waals surface area contributed by atoms with Gasteiger partial charge in [0.05, 0.1) is 5.52 Å². The number of fused-ring (bicyclic) bond motifs is 1. The van der Waals surface area contributed by atoms with Crippen LogP contribution in [0.4, 0.5) is 0 Å². The summed E-state index contributed by atoms with van der Waals surface area (Å²) in [7, 11) is 0. The fourth-order valence-corrected chi connectivity index (χ4v) is 2.45. The van der Waals surface area contributed by atoms with Gasteiger partial charge in [-0.15, -0.1) is 0 Å². The number of hydrogen-bond donors (Lipinski definition) is 1. The quantitative estimate of drug-likeness (QED) is 0.826. The van der Waals surface area contributed by atoms with Crippen LogP contribution in [0.2, 0.25) is 0 Å². The molecule has 0 saturated carbocycles. The fraction of sp³-hybridized carbons (Fsp3) is 0.357. The van der Waals surface area contributed by atoms with Crippen LogP contribution < -0.4 is 5.32 Å². The molecule has 1 aliphatic rings. The minimum atomic E-state index is 0.794. The van der Waals surface area contributed by atoms with Crippen LogP contribution in [0.1, 0.15) is 12.0 Å². The summed E-state index contributed by atoms with van der Waals surface area (Å²) in [6.07, 6.45) is 4.48. The molecule has 0 radical (unpaired) electrons. The number of para-hydroxylation sites is 1. The summed E-state index contributed by atoms with van der Waals surface area (Å²) in [5, 5.41) is 4.66. The molecule has 2 heteroatoms. The van der Waals surface area contributed by atoms with Crippen molar-refractivity contribution in [3.05, 3.63) is 42.1 Å². The molecule has 3 rings (SSSR count). The standard InChI is InChI=1S/C14H16N2/c1-2-4-14-13(3-1)8-12(10-16-14)7-11-5-6-15-9-11/h1-4,8,10-11,15H,5-7,9H2/t11-/m0/s1. The van der Waals surface area contributed by atoms with Gasteiger partial charge in [0.2, 0.25) is 0 Å². The zero-order valence-corrected chi connectivity index (χ0v) is 9.32. The van der Waals surface area contributed by atoms with E-state index in [1.807, 2.05) is 12.3 Å². The Morgan fingerprint density at radius 1 is 1.31 bits per heavy atom. The van der Waals surface area contributed by atoms with Crippen molar-refractivity contribution >= 4 is 10.9 Å². The van der Waals surface area contributed by atoms with Crippen molar-refractivity contribution in [1.29, 1.82) is 0 Å². The zero-order chi connectivity index (χ0) is 10.8. The smallest absolute Gasteiger partial charge is 0.0702 e. The minimum absolute atomic E-state index is 0.794. The maximum atomic E-state index is 4.50. The second-order valence-electron chi connectivity index (χ2n) is 4.60. The highest BCUT2D eigenvalue weighted by atomic mass is 14.9. The third-order valence-corrected chi connectivity index (χ3v) is 3.33. The molecule has 1 N–H and O–H groups in total. The first-order valence-electron chi connectivity index (χ1n) is 5.96. The Kier molecular flexibility index (Phi) is 2.58. The first-order chi connectivity index (χ1) is 7.92. The lowest BCUT2D eigenvalue weighted by Gasteiger charge is -2.08. The lowest BCUT2D eigenvalue weighted by Crippen LogP contribution is -2.10. The van der Waals surface area contributed by atoms with Crippen molar-refractivity contribution in [3.8, 4) is 0 Å². The molecule has 0 amide bonds. The van der Waals surface area contributed by atoms with E-state index in [2.05, 4.69) is 34.6 Å². The first-order valence-corrected chi connectivity index (χ1v) is 5.96. The van der Waals surface area contributed by atoms with Gasteiger partial charge in [0.1, 0.15) is 0 Å². The molecule has 1 saturated heterocycles. The molecule has 2 nitrogen and oxygen atoms in total. The molecular formula is C14H16N2. The SMILES string of the molecule is c1ccc2ncc(C[C@@H]3CCNC3)cc2c1. The minimum Gasteiger partial charge on any atom is -0.316 e. The monoisotopic (exact) mass is 212 g/mol. The van der Waals surface area contributed by atoms with Gasteiger partial charge in [-0.1, -0.05) is 18.2 Å². The maximum Gasteiger partial charge on any atom is 0.0702 e. The largest absolute Gasteiger partial charge is 0.316 e. The average Bonchev–Trinajstić information content (AvgIpc) is 2.82. The Morgan fingerprint density at radius 2 is 2.25 bits per heavy atom. The van der Waals surface area contributed by atoms with Crippen molar-refractivity contribution in [1.82, 2.24) is 10.3 Å². The van der Waals surface area contributed by atoms with Gasteiger partial charge >= 0.3 is 0 Å². The average molecular weight is 212 g/mol. The van der Waals surface area contributed by atoms with Crippen LogP contribution in [-0.2, 0) is 6.42 Å². The fourth-order valence-electron chi connectivity index (χ4n) is 2.45. The van der Waals surface area contributed by atoms with Crippen LogP contribution in [0.15, 0.2) is 36.5 Å². The van der Waals surface area contributed by atoms with Gasteiger partial charge in [-0.05, 0) is 49.5 Å². The topological polar surface area (TPSA) is 24.9 Å². The molecule has 0 spiro atoms. The molecule has 1 aliphatic heterocycles. The Labute approximate surface area is 95.7 Å². The second kappa shape index (κ2) is 4.22. The Bertz CT molecular complexity index is 487. The Hall–Kier alpha value is -1.41. The van der Waals surface area contributed by atoms with Crippen molar-refractivity contribution in [2.24, 2.45) is 5.92 Å². The lowest BCUT2D eigenvalue weighted by atomic mass is 9.99. The van der Waals surface area contributed by atoms with Gasteiger partial charge in [-0.25, -0.2) is 0 Å². The number of aromatic nitrogens is 1. The molecule has 2 heterocycles. The number of nitrogens with zero attached hydrogens (tertiary/aromatic N) is 1. The predicted octanol–water partition coefficient (Wildman–Crippen LogP) is 2.39. The highest BCUT2D eigenvalue weighted by molar-refractivity contribution is 5.78. The van der Waals surface area contributed by atoms with Crippen LogP contribution in [0.5, 0.6) is 0 Å². The van der Waals surface area contributed by atoms with Gasteiger partial charge in [0.15, 0.2) is 0 Å². The summed E-state index contributed by atoms with van der Waals surface area (Å²) in [6.45, 7) is 2.33. The van der Waals surface area contributed by atoms with Crippen molar-refractivity contribution in [3.63, 3.8) is 0 Å². The lowest BCUT2D eigenvalue weighted by molar-refractivity contribution is 0.579. The van der Waals surface area contributed by atoms with E-state index >= 15 is 0 Å². The molecule has 2 aromatic rings. The molecule has 1 aromatic heterocycles. The molecule has 0 bridgehead atoms. The molecule has 1 atom stereocenters. The van der Waals surface area contributed by atoms with Gasteiger partial charge in [-0.2, -0.15) is 0 Å². The summed E-state index contributed by atoms with van der Waals surface area (Å²) in [6, 6.07) is 10.6. The summed E-state index contributed by atoms with van der Waals surface area (Å²) in [5.41, 5.74) is 2.46. The van der Waals surface area contributed by atoms with Crippen molar-refractivity contribution < 1.29 is 0 Å². The number of rotatable bonds is 2. The van der Waals surface area contributed by atoms with Gasteiger partial charge in [0.25, 0.3) is 0 Å². The van der Waals surface area contributed by atoms with E-state index in [-0.39, 0.29) is 0 Å². The Balaban J connectivity index is 1.86. The number of pyridine rings is 1. The first kappa shape index (κ1) is 9.79. The van der Waals surface area contributed by atoms with Gasteiger partial charge in [-0.3, -0.25) is 4.98 Å².